The number of thioether (sulfide) groups is 1. The minimum Gasteiger partial charge on any atom is -0.357 e. The van der Waals surface area contributed by atoms with Crippen LogP contribution in [0.4, 0.5) is 4.39 Å². The summed E-state index contributed by atoms with van der Waals surface area (Å²) in [5.41, 5.74) is 3.59. The Morgan fingerprint density at radius 3 is 2.24 bits per heavy atom. The second-order valence-corrected chi connectivity index (χ2v) is 8.84. The third kappa shape index (κ3) is 6.93. The molecule has 1 unspecified atom stereocenters. The zero-order chi connectivity index (χ0) is 23.6. The molecule has 0 saturated heterocycles. The van der Waals surface area contributed by atoms with Crippen LogP contribution in [0.1, 0.15) is 22.3 Å². The van der Waals surface area contributed by atoms with E-state index < -0.39 is 6.04 Å². The molecule has 0 saturated carbocycles. The number of carbonyl (C=O) groups is 2. The predicted octanol–water partition coefficient (Wildman–Crippen LogP) is 4.75. The maximum absolute atomic E-state index is 14.0. The number of aryl methyl sites for hydroxylation is 1. The van der Waals surface area contributed by atoms with Crippen molar-refractivity contribution in [2.75, 3.05) is 12.8 Å². The van der Waals surface area contributed by atoms with E-state index in [2.05, 4.69) is 5.32 Å². The molecule has 1 atom stereocenters. The van der Waals surface area contributed by atoms with Gasteiger partial charge in [0, 0.05) is 25.8 Å². The third-order valence-corrected chi connectivity index (χ3v) is 6.53. The second kappa shape index (κ2) is 12.2. The van der Waals surface area contributed by atoms with Crippen LogP contribution >= 0.6 is 11.8 Å². The molecular formula is C27H29FN2O2S. The normalized spacial score (nSPS) is 11.6. The number of rotatable bonds is 10. The van der Waals surface area contributed by atoms with Crippen molar-refractivity contribution in [3.05, 3.63) is 107 Å². The Hall–Kier alpha value is -3.12. The summed E-state index contributed by atoms with van der Waals surface area (Å²) in [6, 6.07) is 23.5. The lowest BCUT2D eigenvalue weighted by atomic mass is 10.0. The Kier molecular flexibility index (Phi) is 9.07. The van der Waals surface area contributed by atoms with Crippen molar-refractivity contribution in [2.45, 2.75) is 31.7 Å². The van der Waals surface area contributed by atoms with Crippen molar-refractivity contribution in [3.63, 3.8) is 0 Å². The first-order valence-electron chi connectivity index (χ1n) is 10.9. The molecule has 0 aromatic heterocycles. The highest BCUT2D eigenvalue weighted by Gasteiger charge is 2.30. The lowest BCUT2D eigenvalue weighted by Crippen LogP contribution is -2.50. The van der Waals surface area contributed by atoms with Gasteiger partial charge in [0.2, 0.25) is 11.8 Å². The number of amides is 2. The highest BCUT2D eigenvalue weighted by atomic mass is 32.2. The molecule has 2 amide bonds. The number of nitrogens with one attached hydrogen (secondary N) is 1. The van der Waals surface area contributed by atoms with E-state index in [4.69, 9.17) is 0 Å². The van der Waals surface area contributed by atoms with Gasteiger partial charge in [0.05, 0.1) is 5.75 Å². The van der Waals surface area contributed by atoms with Crippen LogP contribution in [-0.2, 0) is 28.3 Å². The molecule has 6 heteroatoms. The summed E-state index contributed by atoms with van der Waals surface area (Å²) in [6.45, 7) is 2.33. The van der Waals surface area contributed by atoms with E-state index in [0.29, 0.717) is 24.3 Å². The lowest BCUT2D eigenvalue weighted by molar-refractivity contribution is -0.139. The van der Waals surface area contributed by atoms with Crippen LogP contribution in [0.2, 0.25) is 0 Å². The zero-order valence-electron chi connectivity index (χ0n) is 19.0. The molecule has 0 heterocycles. The molecule has 0 spiro atoms. The molecular weight excluding hydrogens is 435 g/mol. The molecule has 3 rings (SSSR count). The van der Waals surface area contributed by atoms with Crippen LogP contribution in [0.5, 0.6) is 0 Å². The fraction of sp³-hybridized carbons (Fsp3) is 0.259. The highest BCUT2D eigenvalue weighted by Crippen LogP contribution is 2.20. The SMILES string of the molecule is CNC(=O)C(Cc1ccccc1)N(Cc1ccccc1C)C(=O)CSCc1ccccc1F. The van der Waals surface area contributed by atoms with Gasteiger partial charge in [-0.2, -0.15) is 0 Å². The van der Waals surface area contributed by atoms with Crippen LogP contribution in [0, 0.1) is 12.7 Å². The molecule has 3 aromatic rings. The van der Waals surface area contributed by atoms with Crippen molar-refractivity contribution < 1.29 is 14.0 Å². The minimum atomic E-state index is -0.654. The fourth-order valence-electron chi connectivity index (χ4n) is 3.64. The van der Waals surface area contributed by atoms with Crippen LogP contribution in [-0.4, -0.2) is 35.6 Å². The Labute approximate surface area is 199 Å². The molecule has 3 aromatic carbocycles. The van der Waals surface area contributed by atoms with Gasteiger partial charge >= 0.3 is 0 Å². The summed E-state index contributed by atoms with van der Waals surface area (Å²) in [4.78, 5) is 28.0. The molecule has 4 nitrogen and oxygen atoms in total. The van der Waals surface area contributed by atoms with E-state index in [1.807, 2.05) is 61.5 Å². The molecule has 0 fully saturated rings. The third-order valence-electron chi connectivity index (χ3n) is 5.56. The van der Waals surface area contributed by atoms with Crippen molar-refractivity contribution >= 4 is 23.6 Å². The molecule has 1 N–H and O–H groups in total. The van der Waals surface area contributed by atoms with E-state index in [9.17, 15) is 14.0 Å². The maximum Gasteiger partial charge on any atom is 0.242 e. The first kappa shape index (κ1) is 24.5. The van der Waals surface area contributed by atoms with Crippen molar-refractivity contribution in [1.29, 1.82) is 0 Å². The number of benzene rings is 3. The summed E-state index contributed by atoms with van der Waals surface area (Å²) < 4.78 is 14.0. The van der Waals surface area contributed by atoms with Gasteiger partial charge < -0.3 is 10.2 Å². The first-order valence-corrected chi connectivity index (χ1v) is 12.1. The van der Waals surface area contributed by atoms with E-state index in [-0.39, 0.29) is 23.4 Å². The number of hydrogen-bond donors (Lipinski definition) is 1. The smallest absolute Gasteiger partial charge is 0.242 e. The van der Waals surface area contributed by atoms with Crippen molar-refractivity contribution in [2.24, 2.45) is 0 Å². The van der Waals surface area contributed by atoms with Gasteiger partial charge in [-0.05, 0) is 35.2 Å². The van der Waals surface area contributed by atoms with E-state index in [1.54, 1.807) is 30.1 Å². The van der Waals surface area contributed by atoms with Gasteiger partial charge in [-0.3, -0.25) is 9.59 Å². The number of nitrogens with zero attached hydrogens (tertiary/aromatic N) is 1. The topological polar surface area (TPSA) is 49.4 Å². The molecule has 0 aliphatic carbocycles. The van der Waals surface area contributed by atoms with Crippen LogP contribution in [0.25, 0.3) is 0 Å². The Morgan fingerprint density at radius 2 is 1.58 bits per heavy atom. The van der Waals surface area contributed by atoms with Crippen LogP contribution < -0.4 is 5.32 Å². The van der Waals surface area contributed by atoms with Gasteiger partial charge in [0.1, 0.15) is 11.9 Å². The summed E-state index contributed by atoms with van der Waals surface area (Å²) >= 11 is 1.35. The number of likely N-dealkylation sites (N-methyl/N-ethyl adjacent to an activating group) is 1. The molecule has 33 heavy (non-hydrogen) atoms. The molecule has 172 valence electrons. The Bertz CT molecular complexity index is 1070. The number of carbonyl (C=O) groups excluding carboxylic acids is 2. The maximum atomic E-state index is 14.0. The summed E-state index contributed by atoms with van der Waals surface area (Å²) in [5.74, 6) is -0.0897. The second-order valence-electron chi connectivity index (χ2n) is 7.85. The van der Waals surface area contributed by atoms with Crippen molar-refractivity contribution in [3.8, 4) is 0 Å². The van der Waals surface area contributed by atoms with Crippen LogP contribution in [0.15, 0.2) is 78.9 Å². The molecule has 0 aliphatic heterocycles. The van der Waals surface area contributed by atoms with Gasteiger partial charge in [-0.1, -0.05) is 72.8 Å². The summed E-state index contributed by atoms with van der Waals surface area (Å²) in [6.07, 6.45) is 0.413. The largest absolute Gasteiger partial charge is 0.357 e. The van der Waals surface area contributed by atoms with Gasteiger partial charge in [0.15, 0.2) is 0 Å². The van der Waals surface area contributed by atoms with Gasteiger partial charge in [0.25, 0.3) is 0 Å². The fourth-order valence-corrected chi connectivity index (χ4v) is 4.53. The summed E-state index contributed by atoms with van der Waals surface area (Å²) in [5, 5.41) is 2.72. The monoisotopic (exact) mass is 464 g/mol. The average Bonchev–Trinajstić information content (AvgIpc) is 2.83. The molecule has 0 aliphatic rings. The van der Waals surface area contributed by atoms with E-state index in [1.165, 1.54) is 17.8 Å². The molecule has 0 bridgehead atoms. The standard InChI is InChI=1S/C27H29FN2O2S/c1-20-10-6-7-13-22(20)17-30(25(27(32)29-2)16-21-11-4-3-5-12-21)26(31)19-33-18-23-14-8-9-15-24(23)28/h3-15,25H,16-19H2,1-2H3,(H,29,32). The number of halogens is 1. The zero-order valence-corrected chi connectivity index (χ0v) is 19.8. The Balaban J connectivity index is 1.83. The van der Waals surface area contributed by atoms with E-state index >= 15 is 0 Å². The van der Waals surface area contributed by atoms with Gasteiger partial charge in [-0.25, -0.2) is 4.39 Å². The summed E-state index contributed by atoms with van der Waals surface area (Å²) in [7, 11) is 1.59. The lowest BCUT2D eigenvalue weighted by Gasteiger charge is -2.31. The number of hydrogen-bond acceptors (Lipinski definition) is 3. The predicted molar refractivity (Wildman–Crippen MR) is 132 cm³/mol. The first-order chi connectivity index (χ1) is 16.0. The van der Waals surface area contributed by atoms with Crippen LogP contribution in [0.3, 0.4) is 0 Å². The minimum absolute atomic E-state index is 0.149. The Morgan fingerprint density at radius 1 is 0.939 bits per heavy atom. The van der Waals surface area contributed by atoms with Gasteiger partial charge in [-0.15, -0.1) is 11.8 Å². The average molecular weight is 465 g/mol. The molecule has 0 radical (unpaired) electrons. The highest BCUT2D eigenvalue weighted by molar-refractivity contribution is 7.99. The van der Waals surface area contributed by atoms with E-state index in [0.717, 1.165) is 16.7 Å². The van der Waals surface area contributed by atoms with Crippen molar-refractivity contribution in [1.82, 2.24) is 10.2 Å². The quantitative estimate of drug-likeness (QED) is 0.471.